The van der Waals surface area contributed by atoms with Gasteiger partial charge in [0.2, 0.25) is 0 Å². The van der Waals surface area contributed by atoms with Crippen molar-refractivity contribution < 1.29 is 9.84 Å². The minimum Gasteiger partial charge on any atom is -0.504 e. The van der Waals surface area contributed by atoms with Gasteiger partial charge in [-0.25, -0.2) is 5.10 Å². The Morgan fingerprint density at radius 1 is 1.28 bits per heavy atom. The number of ether oxygens (including phenoxy) is 1. The maximum absolute atomic E-state index is 10.8. The molecule has 0 amide bonds. The quantitative estimate of drug-likeness (QED) is 0.860. The summed E-state index contributed by atoms with van der Waals surface area (Å²) in [7, 11) is 1.49. The fourth-order valence-electron chi connectivity index (χ4n) is 1.43. The number of hydrogen-bond donors (Lipinski definition) is 2. The summed E-state index contributed by atoms with van der Waals surface area (Å²) in [5.41, 5.74) is 1.26. The van der Waals surface area contributed by atoms with Crippen LogP contribution < -0.4 is 10.3 Å². The van der Waals surface area contributed by atoms with E-state index in [0.717, 1.165) is 5.56 Å². The third-order valence-corrected chi connectivity index (χ3v) is 2.35. The molecule has 0 fully saturated rings. The van der Waals surface area contributed by atoms with Gasteiger partial charge in [0.05, 0.1) is 12.8 Å². The van der Waals surface area contributed by atoms with Crippen molar-refractivity contribution in [3.63, 3.8) is 0 Å². The number of rotatable bonds is 3. The first kappa shape index (κ1) is 11.9. The number of benzene rings is 1. The summed E-state index contributed by atoms with van der Waals surface area (Å²) >= 11 is 0. The molecule has 1 aromatic heterocycles. The lowest BCUT2D eigenvalue weighted by Gasteiger charge is -2.03. The minimum atomic E-state index is -0.238. The molecule has 0 atom stereocenters. The van der Waals surface area contributed by atoms with Crippen LogP contribution in [-0.2, 0) is 0 Å². The maximum Gasteiger partial charge on any atom is 0.264 e. The highest BCUT2D eigenvalue weighted by molar-refractivity contribution is 5.69. The van der Waals surface area contributed by atoms with E-state index in [1.165, 1.54) is 13.2 Å². The molecule has 1 aromatic carbocycles. The van der Waals surface area contributed by atoms with Gasteiger partial charge in [-0.3, -0.25) is 4.79 Å². The van der Waals surface area contributed by atoms with Crippen LogP contribution in [0, 0.1) is 0 Å². The molecule has 1 heterocycles. The third-order valence-electron chi connectivity index (χ3n) is 2.35. The minimum absolute atomic E-state index is 0.0943. The van der Waals surface area contributed by atoms with Crippen LogP contribution in [0.5, 0.6) is 11.5 Å². The van der Waals surface area contributed by atoms with E-state index in [4.69, 9.17) is 4.74 Å². The zero-order valence-electron chi connectivity index (χ0n) is 9.75. The number of aromatic nitrogens is 2. The molecule has 0 aliphatic heterocycles. The van der Waals surface area contributed by atoms with Gasteiger partial charge in [0.1, 0.15) is 0 Å². The monoisotopic (exact) mass is 244 g/mol. The molecule has 0 radical (unpaired) electrons. The van der Waals surface area contributed by atoms with Gasteiger partial charge in [0.15, 0.2) is 11.5 Å². The lowest BCUT2D eigenvalue weighted by Crippen LogP contribution is -2.05. The second kappa shape index (κ2) is 5.18. The Hall–Kier alpha value is -2.56. The summed E-state index contributed by atoms with van der Waals surface area (Å²) in [6, 6.07) is 8.04. The molecule has 2 N–H and O–H groups in total. The second-order valence-electron chi connectivity index (χ2n) is 3.61. The van der Waals surface area contributed by atoms with Gasteiger partial charge in [0, 0.05) is 6.07 Å². The van der Waals surface area contributed by atoms with Gasteiger partial charge >= 0.3 is 0 Å². The van der Waals surface area contributed by atoms with Crippen molar-refractivity contribution in [1.82, 2.24) is 10.2 Å². The molecule has 18 heavy (non-hydrogen) atoms. The average molecular weight is 244 g/mol. The van der Waals surface area contributed by atoms with Crippen LogP contribution in [-0.4, -0.2) is 22.4 Å². The number of nitrogens with one attached hydrogen (secondary N) is 1. The predicted molar refractivity (Wildman–Crippen MR) is 68.4 cm³/mol. The Balaban J connectivity index is 2.23. The van der Waals surface area contributed by atoms with E-state index in [1.54, 1.807) is 30.3 Å². The lowest BCUT2D eigenvalue weighted by atomic mass is 10.2. The van der Waals surface area contributed by atoms with Crippen LogP contribution in [0.15, 0.2) is 35.1 Å². The molecule has 92 valence electrons. The normalized spacial score (nSPS) is 10.7. The first-order chi connectivity index (χ1) is 8.69. The van der Waals surface area contributed by atoms with Gasteiger partial charge < -0.3 is 9.84 Å². The first-order valence-corrected chi connectivity index (χ1v) is 5.30. The Labute approximate surface area is 103 Å². The molecule has 0 spiro atoms. The number of phenolic OH excluding ortho intramolecular Hbond substituents is 1. The summed E-state index contributed by atoms with van der Waals surface area (Å²) in [5, 5.41) is 15.6. The van der Waals surface area contributed by atoms with Gasteiger partial charge in [-0.1, -0.05) is 12.1 Å². The van der Waals surface area contributed by atoms with E-state index in [-0.39, 0.29) is 11.3 Å². The van der Waals surface area contributed by atoms with E-state index in [9.17, 15) is 9.90 Å². The molecule has 5 heteroatoms. The summed E-state index contributed by atoms with van der Waals surface area (Å²) in [4.78, 5) is 10.8. The van der Waals surface area contributed by atoms with Crippen molar-refractivity contribution in [2.45, 2.75) is 0 Å². The Bertz CT molecular complexity index is 612. The SMILES string of the molecule is COc1cc(C=Cc2ccc(=O)[nH]n2)ccc1O. The molecule has 0 saturated heterocycles. The standard InChI is InChI=1S/C13H12N2O3/c1-18-12-8-9(3-6-11(12)16)2-4-10-5-7-13(17)15-14-10/h2-8,16H,1H3,(H,15,17). The molecule has 0 bridgehead atoms. The number of aromatic amines is 1. The molecule has 0 saturated carbocycles. The topological polar surface area (TPSA) is 75.2 Å². The molecule has 0 aliphatic rings. The first-order valence-electron chi connectivity index (χ1n) is 5.30. The number of phenols is 1. The number of aromatic hydroxyl groups is 1. The van der Waals surface area contributed by atoms with Crippen LogP contribution in [0.1, 0.15) is 11.3 Å². The van der Waals surface area contributed by atoms with Crippen molar-refractivity contribution in [2.24, 2.45) is 0 Å². The van der Waals surface area contributed by atoms with Crippen molar-refractivity contribution in [3.8, 4) is 11.5 Å². The Morgan fingerprint density at radius 2 is 2.11 bits per heavy atom. The van der Waals surface area contributed by atoms with E-state index < -0.39 is 0 Å². The molecular formula is C13H12N2O3. The van der Waals surface area contributed by atoms with Gasteiger partial charge in [0.25, 0.3) is 5.56 Å². The molecule has 2 aromatic rings. The number of hydrogen-bond acceptors (Lipinski definition) is 4. The Kier molecular flexibility index (Phi) is 3.43. The summed E-state index contributed by atoms with van der Waals surface area (Å²) < 4.78 is 5.01. The van der Waals surface area contributed by atoms with Crippen molar-refractivity contribution in [2.75, 3.05) is 7.11 Å². The molecular weight excluding hydrogens is 232 g/mol. The fraction of sp³-hybridized carbons (Fsp3) is 0.0769. The zero-order valence-corrected chi connectivity index (χ0v) is 9.75. The van der Waals surface area contributed by atoms with Crippen molar-refractivity contribution >= 4 is 12.2 Å². The highest BCUT2D eigenvalue weighted by Gasteiger charge is 2.00. The van der Waals surface area contributed by atoms with Gasteiger partial charge in [-0.2, -0.15) is 5.10 Å². The lowest BCUT2D eigenvalue weighted by molar-refractivity contribution is 0.373. The second-order valence-corrected chi connectivity index (χ2v) is 3.61. The summed E-state index contributed by atoms with van der Waals surface area (Å²) in [6.07, 6.45) is 3.56. The average Bonchev–Trinajstić information content (AvgIpc) is 2.39. The largest absolute Gasteiger partial charge is 0.504 e. The van der Waals surface area contributed by atoms with Crippen LogP contribution >= 0.6 is 0 Å². The summed E-state index contributed by atoms with van der Waals surface area (Å²) in [6.45, 7) is 0. The Morgan fingerprint density at radius 3 is 2.78 bits per heavy atom. The number of nitrogens with zero attached hydrogens (tertiary/aromatic N) is 1. The number of methoxy groups -OCH3 is 1. The zero-order chi connectivity index (χ0) is 13.0. The van der Waals surface area contributed by atoms with Crippen molar-refractivity contribution in [3.05, 3.63) is 51.9 Å². The molecule has 0 aliphatic carbocycles. The van der Waals surface area contributed by atoms with Crippen LogP contribution in [0.4, 0.5) is 0 Å². The van der Waals surface area contributed by atoms with E-state index in [0.29, 0.717) is 11.4 Å². The van der Waals surface area contributed by atoms with E-state index in [2.05, 4.69) is 10.2 Å². The van der Waals surface area contributed by atoms with Crippen LogP contribution in [0.3, 0.4) is 0 Å². The van der Waals surface area contributed by atoms with Crippen LogP contribution in [0.25, 0.3) is 12.2 Å². The van der Waals surface area contributed by atoms with Crippen molar-refractivity contribution in [1.29, 1.82) is 0 Å². The van der Waals surface area contributed by atoms with Gasteiger partial charge in [-0.05, 0) is 29.8 Å². The fourth-order valence-corrected chi connectivity index (χ4v) is 1.43. The third kappa shape index (κ3) is 2.76. The predicted octanol–water partition coefficient (Wildman–Crippen LogP) is 1.65. The molecule has 0 unspecified atom stereocenters. The van der Waals surface area contributed by atoms with Crippen LogP contribution in [0.2, 0.25) is 0 Å². The van der Waals surface area contributed by atoms with E-state index >= 15 is 0 Å². The summed E-state index contributed by atoms with van der Waals surface area (Å²) in [5.74, 6) is 0.503. The van der Waals surface area contributed by atoms with E-state index in [1.807, 2.05) is 6.08 Å². The maximum atomic E-state index is 10.8. The smallest absolute Gasteiger partial charge is 0.264 e. The molecule has 5 nitrogen and oxygen atoms in total. The van der Waals surface area contributed by atoms with Gasteiger partial charge in [-0.15, -0.1) is 0 Å². The highest BCUT2D eigenvalue weighted by atomic mass is 16.5. The number of H-pyrrole nitrogens is 1. The highest BCUT2D eigenvalue weighted by Crippen LogP contribution is 2.26. The molecule has 2 rings (SSSR count).